The third-order valence-corrected chi connectivity index (χ3v) is 5.02. The second-order valence-electron chi connectivity index (χ2n) is 6.33. The number of pyridine rings is 1. The lowest BCUT2D eigenvalue weighted by Gasteiger charge is -2.39. The molecule has 1 atom stereocenters. The van der Waals surface area contributed by atoms with Crippen LogP contribution >= 0.6 is 0 Å². The lowest BCUT2D eigenvalue weighted by molar-refractivity contribution is 0.169. The Hall–Kier alpha value is -1.13. The molecule has 0 radical (unpaired) electrons. The monoisotopic (exact) mass is 289 g/mol. The molecule has 1 saturated carbocycles. The number of nitrogens with zero attached hydrogens (tertiary/aromatic N) is 3. The maximum atomic E-state index is 9.80. The van der Waals surface area contributed by atoms with Crippen LogP contribution in [0.5, 0.6) is 0 Å². The fraction of sp³-hybridized carbons (Fsp3) is 0.706. The molecule has 0 amide bonds. The summed E-state index contributed by atoms with van der Waals surface area (Å²) < 4.78 is 0. The van der Waals surface area contributed by atoms with Crippen molar-refractivity contribution in [2.24, 2.45) is 0 Å². The second kappa shape index (κ2) is 6.75. The van der Waals surface area contributed by atoms with Gasteiger partial charge in [0.15, 0.2) is 0 Å². The van der Waals surface area contributed by atoms with E-state index in [0.29, 0.717) is 6.42 Å². The predicted molar refractivity (Wildman–Crippen MR) is 85.5 cm³/mol. The molecule has 3 rings (SSSR count). The van der Waals surface area contributed by atoms with Crippen LogP contribution in [0.15, 0.2) is 18.3 Å². The van der Waals surface area contributed by atoms with Gasteiger partial charge in [-0.25, -0.2) is 0 Å². The maximum absolute atomic E-state index is 9.80. The Morgan fingerprint density at radius 1 is 1.19 bits per heavy atom. The Morgan fingerprint density at radius 2 is 1.90 bits per heavy atom. The minimum atomic E-state index is -0.432. The number of hydrogen-bond acceptors (Lipinski definition) is 4. The van der Waals surface area contributed by atoms with Gasteiger partial charge in [0.1, 0.15) is 0 Å². The zero-order valence-electron chi connectivity index (χ0n) is 13.0. The van der Waals surface area contributed by atoms with Crippen molar-refractivity contribution in [3.63, 3.8) is 0 Å². The molecule has 1 N–H and O–H groups in total. The van der Waals surface area contributed by atoms with Crippen LogP contribution in [-0.4, -0.2) is 47.2 Å². The molecule has 0 spiro atoms. The minimum absolute atomic E-state index is 0.432. The Balaban J connectivity index is 1.56. The number of hydrogen-bond donors (Lipinski definition) is 1. The number of rotatable bonds is 4. The molecule has 116 valence electrons. The van der Waals surface area contributed by atoms with Crippen LogP contribution < -0.4 is 4.90 Å². The first-order chi connectivity index (χ1) is 10.3. The summed E-state index contributed by atoms with van der Waals surface area (Å²) in [6, 6.07) is 4.91. The number of anilines is 1. The molecule has 0 unspecified atom stereocenters. The van der Waals surface area contributed by atoms with E-state index in [1.54, 1.807) is 0 Å². The predicted octanol–water partition coefficient (Wildman–Crippen LogP) is 2.59. The molecule has 2 heterocycles. The number of aromatic nitrogens is 1. The lowest BCUT2D eigenvalue weighted by Crippen LogP contribution is -2.49. The van der Waals surface area contributed by atoms with Crippen molar-refractivity contribution in [3.05, 3.63) is 24.0 Å². The lowest BCUT2D eigenvalue weighted by atomic mass is 10.1. The summed E-state index contributed by atoms with van der Waals surface area (Å²) in [6.07, 6.45) is 7.81. The quantitative estimate of drug-likeness (QED) is 0.925. The average molecular weight is 289 g/mol. The fourth-order valence-corrected chi connectivity index (χ4v) is 3.61. The highest BCUT2D eigenvalue weighted by Gasteiger charge is 2.26. The zero-order chi connectivity index (χ0) is 14.7. The summed E-state index contributed by atoms with van der Waals surface area (Å²) >= 11 is 0. The first kappa shape index (κ1) is 14.8. The molecule has 21 heavy (non-hydrogen) atoms. The highest BCUT2D eigenvalue weighted by atomic mass is 16.3. The average Bonchev–Trinajstić information content (AvgIpc) is 3.09. The van der Waals surface area contributed by atoms with Gasteiger partial charge in [-0.1, -0.05) is 19.8 Å². The zero-order valence-corrected chi connectivity index (χ0v) is 13.0. The summed E-state index contributed by atoms with van der Waals surface area (Å²) in [5.74, 6) is 0. The molecular weight excluding hydrogens is 262 g/mol. The smallest absolute Gasteiger partial charge is 0.0957 e. The van der Waals surface area contributed by atoms with E-state index in [0.717, 1.165) is 24.8 Å². The van der Waals surface area contributed by atoms with Crippen molar-refractivity contribution in [1.29, 1.82) is 0 Å². The van der Waals surface area contributed by atoms with Gasteiger partial charge in [0.05, 0.1) is 23.7 Å². The molecule has 0 aromatic carbocycles. The molecular formula is C17H27N3O. The van der Waals surface area contributed by atoms with Crippen LogP contribution in [0.25, 0.3) is 0 Å². The molecule has 1 aromatic heterocycles. The second-order valence-corrected chi connectivity index (χ2v) is 6.33. The highest BCUT2D eigenvalue weighted by Crippen LogP contribution is 2.26. The number of aliphatic hydroxyl groups is 1. The maximum Gasteiger partial charge on any atom is 0.0957 e. The Morgan fingerprint density at radius 3 is 2.48 bits per heavy atom. The van der Waals surface area contributed by atoms with E-state index in [2.05, 4.69) is 20.9 Å². The van der Waals surface area contributed by atoms with E-state index in [-0.39, 0.29) is 0 Å². The van der Waals surface area contributed by atoms with Crippen LogP contribution in [-0.2, 0) is 0 Å². The fourth-order valence-electron chi connectivity index (χ4n) is 3.61. The van der Waals surface area contributed by atoms with E-state index >= 15 is 0 Å². The molecule has 0 bridgehead atoms. The van der Waals surface area contributed by atoms with Gasteiger partial charge in [0.2, 0.25) is 0 Å². The van der Waals surface area contributed by atoms with E-state index in [9.17, 15) is 5.11 Å². The van der Waals surface area contributed by atoms with Crippen molar-refractivity contribution in [2.45, 2.75) is 51.2 Å². The van der Waals surface area contributed by atoms with Crippen molar-refractivity contribution >= 4 is 5.69 Å². The van der Waals surface area contributed by atoms with Gasteiger partial charge in [-0.15, -0.1) is 0 Å². The van der Waals surface area contributed by atoms with Gasteiger partial charge in [-0.2, -0.15) is 0 Å². The Bertz CT molecular complexity index is 434. The van der Waals surface area contributed by atoms with Gasteiger partial charge in [0.25, 0.3) is 0 Å². The minimum Gasteiger partial charge on any atom is -0.387 e. The van der Waals surface area contributed by atoms with Crippen molar-refractivity contribution in [1.82, 2.24) is 9.88 Å². The summed E-state index contributed by atoms with van der Waals surface area (Å²) in [5, 5.41) is 9.80. The van der Waals surface area contributed by atoms with Crippen LogP contribution in [0.3, 0.4) is 0 Å². The first-order valence-corrected chi connectivity index (χ1v) is 8.41. The van der Waals surface area contributed by atoms with E-state index in [4.69, 9.17) is 0 Å². The Labute approximate surface area is 127 Å². The molecule has 2 fully saturated rings. The third kappa shape index (κ3) is 3.38. The van der Waals surface area contributed by atoms with Gasteiger partial charge in [-0.3, -0.25) is 9.88 Å². The molecule has 4 nitrogen and oxygen atoms in total. The van der Waals surface area contributed by atoms with Crippen molar-refractivity contribution < 1.29 is 5.11 Å². The number of aliphatic hydroxyl groups excluding tert-OH is 1. The topological polar surface area (TPSA) is 39.6 Å². The summed E-state index contributed by atoms with van der Waals surface area (Å²) in [5.41, 5.74) is 1.97. The first-order valence-electron chi connectivity index (χ1n) is 8.41. The largest absolute Gasteiger partial charge is 0.387 e. The summed E-state index contributed by atoms with van der Waals surface area (Å²) in [4.78, 5) is 9.51. The van der Waals surface area contributed by atoms with Gasteiger partial charge >= 0.3 is 0 Å². The normalized spacial score (nSPS) is 22.7. The third-order valence-electron chi connectivity index (χ3n) is 5.02. The van der Waals surface area contributed by atoms with Crippen LogP contribution in [0.4, 0.5) is 5.69 Å². The molecule has 1 aliphatic heterocycles. The van der Waals surface area contributed by atoms with E-state index < -0.39 is 6.10 Å². The van der Waals surface area contributed by atoms with Gasteiger partial charge < -0.3 is 10.0 Å². The Kier molecular flexibility index (Phi) is 4.76. The van der Waals surface area contributed by atoms with Crippen LogP contribution in [0, 0.1) is 0 Å². The summed E-state index contributed by atoms with van der Waals surface area (Å²) in [7, 11) is 0. The SMILES string of the molecule is CC[C@@H](O)c1ccc(N2CCN(C3CCCC3)CC2)cn1. The number of piperazine rings is 1. The van der Waals surface area contributed by atoms with Crippen LogP contribution in [0.2, 0.25) is 0 Å². The highest BCUT2D eigenvalue weighted by molar-refractivity contribution is 5.45. The molecule has 1 saturated heterocycles. The van der Waals surface area contributed by atoms with Crippen molar-refractivity contribution in [3.8, 4) is 0 Å². The van der Waals surface area contributed by atoms with E-state index in [1.165, 1.54) is 44.5 Å². The van der Waals surface area contributed by atoms with Crippen LogP contribution in [0.1, 0.15) is 50.8 Å². The molecule has 1 aliphatic carbocycles. The van der Waals surface area contributed by atoms with Gasteiger partial charge in [-0.05, 0) is 31.4 Å². The molecule has 1 aromatic rings. The van der Waals surface area contributed by atoms with E-state index in [1.807, 2.05) is 19.2 Å². The standard InChI is InChI=1S/C17H27N3O/c1-2-17(21)16-8-7-15(13-18-16)20-11-9-19(10-12-20)14-5-3-4-6-14/h7-8,13-14,17,21H,2-6,9-12H2,1H3/t17-/m1/s1. The van der Waals surface area contributed by atoms with Crippen molar-refractivity contribution in [2.75, 3.05) is 31.1 Å². The van der Waals surface area contributed by atoms with Gasteiger partial charge in [0, 0.05) is 32.2 Å². The molecule has 4 heteroatoms. The summed E-state index contributed by atoms with van der Waals surface area (Å²) in [6.45, 7) is 6.50. The molecule has 2 aliphatic rings.